The lowest BCUT2D eigenvalue weighted by atomic mass is 10.0. The number of alkyl halides is 1. The van der Waals surface area contributed by atoms with E-state index in [1.165, 1.54) is 7.11 Å². The van der Waals surface area contributed by atoms with Gasteiger partial charge in [0.1, 0.15) is 11.8 Å². The average Bonchev–Trinajstić information content (AvgIpc) is 2.29. The van der Waals surface area contributed by atoms with Crippen LogP contribution in [0.25, 0.3) is 0 Å². The molecule has 4 nitrogen and oxygen atoms in total. The lowest BCUT2D eigenvalue weighted by molar-refractivity contribution is -0.138. The van der Waals surface area contributed by atoms with Gasteiger partial charge in [0.05, 0.1) is 13.8 Å². The molecule has 0 fully saturated rings. The van der Waals surface area contributed by atoms with Gasteiger partial charge in [-0.15, -0.1) is 0 Å². The van der Waals surface area contributed by atoms with E-state index in [0.29, 0.717) is 5.75 Å². The first-order valence-electron chi connectivity index (χ1n) is 5.28. The van der Waals surface area contributed by atoms with Gasteiger partial charge < -0.3 is 15.6 Å². The summed E-state index contributed by atoms with van der Waals surface area (Å²) in [6.45, 7) is -0.481. The summed E-state index contributed by atoms with van der Waals surface area (Å²) in [7, 11) is 1.51. The van der Waals surface area contributed by atoms with Crippen molar-refractivity contribution >= 4 is 5.97 Å². The third-order valence-corrected chi connectivity index (χ3v) is 2.48. The standard InChI is InChI=1S/C12H16FNO3/c1-17-11-3-2-8(6-9(11)4-5-13)7-10(14)12(15)16/h2-3,6,10H,4-5,7,14H2,1H3,(H,15,16)/t10-/m0/s1/i13-1. The Bertz CT molecular complexity index is 395. The third-order valence-electron chi connectivity index (χ3n) is 2.48. The zero-order valence-electron chi connectivity index (χ0n) is 9.65. The van der Waals surface area contributed by atoms with Gasteiger partial charge in [-0.25, -0.2) is 0 Å². The third kappa shape index (κ3) is 3.71. The summed E-state index contributed by atoms with van der Waals surface area (Å²) < 4.78 is 17.4. The summed E-state index contributed by atoms with van der Waals surface area (Å²) in [4.78, 5) is 10.6. The number of halogens is 1. The average molecular weight is 240 g/mol. The van der Waals surface area contributed by atoms with Crippen molar-refractivity contribution in [3.8, 4) is 5.75 Å². The quantitative estimate of drug-likeness (QED) is 0.782. The van der Waals surface area contributed by atoms with Crippen LogP contribution in [-0.2, 0) is 17.6 Å². The van der Waals surface area contributed by atoms with E-state index in [4.69, 9.17) is 15.6 Å². The largest absolute Gasteiger partial charge is 0.496 e. The van der Waals surface area contributed by atoms with E-state index < -0.39 is 18.7 Å². The monoisotopic (exact) mass is 240 g/mol. The lowest BCUT2D eigenvalue weighted by Gasteiger charge is -2.11. The van der Waals surface area contributed by atoms with Gasteiger partial charge in [-0.1, -0.05) is 12.1 Å². The van der Waals surface area contributed by atoms with E-state index in [1.54, 1.807) is 18.2 Å². The predicted molar refractivity (Wildman–Crippen MR) is 62.0 cm³/mol. The fourth-order valence-corrected chi connectivity index (χ4v) is 1.60. The van der Waals surface area contributed by atoms with Crippen LogP contribution in [0.15, 0.2) is 18.2 Å². The molecule has 5 heteroatoms. The van der Waals surface area contributed by atoms with Crippen LogP contribution in [0.3, 0.4) is 0 Å². The molecule has 0 saturated heterocycles. The molecule has 0 aromatic heterocycles. The predicted octanol–water partition coefficient (Wildman–Crippen LogP) is 1.16. The molecule has 0 amide bonds. The van der Waals surface area contributed by atoms with Gasteiger partial charge in [0.2, 0.25) is 0 Å². The van der Waals surface area contributed by atoms with E-state index in [9.17, 15) is 9.18 Å². The molecule has 1 atom stereocenters. The Morgan fingerprint density at radius 2 is 2.29 bits per heavy atom. The molecular weight excluding hydrogens is 224 g/mol. The Morgan fingerprint density at radius 1 is 1.59 bits per heavy atom. The highest BCUT2D eigenvalue weighted by atomic mass is 18.2. The van der Waals surface area contributed by atoms with Gasteiger partial charge in [0, 0.05) is 6.42 Å². The first kappa shape index (κ1) is 13.4. The molecule has 1 aromatic rings. The lowest BCUT2D eigenvalue weighted by Crippen LogP contribution is -2.32. The van der Waals surface area contributed by atoms with Gasteiger partial charge in [-0.2, -0.15) is 0 Å². The number of benzene rings is 1. The summed E-state index contributed by atoms with van der Waals surface area (Å²) in [5, 5.41) is 8.71. The van der Waals surface area contributed by atoms with Gasteiger partial charge >= 0.3 is 5.97 Å². The Kier molecular flexibility index (Phi) is 4.90. The first-order valence-corrected chi connectivity index (χ1v) is 5.28. The van der Waals surface area contributed by atoms with Crippen LogP contribution in [0.4, 0.5) is 4.39 Å². The number of carboxylic acids is 1. The summed E-state index contributed by atoms with van der Waals surface area (Å²) >= 11 is 0. The molecule has 94 valence electrons. The van der Waals surface area contributed by atoms with Crippen molar-refractivity contribution in [1.29, 1.82) is 0 Å². The van der Waals surface area contributed by atoms with Crippen molar-refractivity contribution in [3.05, 3.63) is 29.3 Å². The summed E-state index contributed by atoms with van der Waals surface area (Å²) in [6, 6.07) is 4.24. The normalized spacial score (nSPS) is 12.2. The second kappa shape index (κ2) is 6.20. The highest BCUT2D eigenvalue weighted by Gasteiger charge is 2.13. The number of aryl methyl sites for hydroxylation is 1. The van der Waals surface area contributed by atoms with Crippen LogP contribution >= 0.6 is 0 Å². The number of hydrogen-bond acceptors (Lipinski definition) is 3. The summed E-state index contributed by atoms with van der Waals surface area (Å²) in [5.74, 6) is -0.442. The summed E-state index contributed by atoms with van der Waals surface area (Å²) in [5.41, 5.74) is 6.93. The molecule has 0 saturated carbocycles. The van der Waals surface area contributed by atoms with Gasteiger partial charge in [-0.05, 0) is 23.6 Å². The number of carbonyl (C=O) groups is 1. The van der Waals surface area contributed by atoms with Crippen LogP contribution in [0, 0.1) is 0 Å². The van der Waals surface area contributed by atoms with Gasteiger partial charge in [0.15, 0.2) is 0 Å². The molecule has 0 aliphatic carbocycles. The molecule has 0 unspecified atom stereocenters. The van der Waals surface area contributed by atoms with Crippen molar-refractivity contribution in [2.75, 3.05) is 13.8 Å². The Labute approximate surface area is 99.2 Å². The number of carboxylic acid groups (broad SMARTS) is 1. The number of aliphatic carboxylic acids is 1. The SMILES string of the molecule is COc1ccc(C[C@H](N)C(=O)O)cc1CC[18F]. The smallest absolute Gasteiger partial charge is 0.320 e. The molecule has 0 aliphatic heterocycles. The van der Waals surface area contributed by atoms with E-state index >= 15 is 0 Å². The fraction of sp³-hybridized carbons (Fsp3) is 0.417. The maximum atomic E-state index is 12.3. The Morgan fingerprint density at radius 3 is 2.82 bits per heavy atom. The number of hydrogen-bond donors (Lipinski definition) is 2. The van der Waals surface area contributed by atoms with Crippen molar-refractivity contribution in [1.82, 2.24) is 0 Å². The van der Waals surface area contributed by atoms with Crippen molar-refractivity contribution in [2.45, 2.75) is 18.9 Å². The van der Waals surface area contributed by atoms with E-state index in [0.717, 1.165) is 11.1 Å². The highest BCUT2D eigenvalue weighted by Crippen LogP contribution is 2.21. The zero-order valence-corrected chi connectivity index (χ0v) is 9.65. The van der Waals surface area contributed by atoms with E-state index in [-0.39, 0.29) is 12.8 Å². The molecule has 0 aliphatic rings. The van der Waals surface area contributed by atoms with E-state index in [2.05, 4.69) is 0 Å². The van der Waals surface area contributed by atoms with Crippen LogP contribution in [0.2, 0.25) is 0 Å². The highest BCUT2D eigenvalue weighted by molar-refractivity contribution is 5.73. The molecule has 0 bridgehead atoms. The van der Waals surface area contributed by atoms with Crippen molar-refractivity contribution in [2.24, 2.45) is 5.73 Å². The minimum atomic E-state index is -1.05. The van der Waals surface area contributed by atoms with Crippen molar-refractivity contribution < 1.29 is 19.0 Å². The van der Waals surface area contributed by atoms with Crippen LogP contribution in [-0.4, -0.2) is 30.9 Å². The second-order valence-electron chi connectivity index (χ2n) is 3.73. The minimum Gasteiger partial charge on any atom is -0.496 e. The van der Waals surface area contributed by atoms with Crippen LogP contribution in [0.5, 0.6) is 5.75 Å². The molecule has 0 spiro atoms. The number of rotatable bonds is 6. The van der Waals surface area contributed by atoms with Crippen LogP contribution in [0.1, 0.15) is 11.1 Å². The molecule has 0 heterocycles. The molecular formula is C12H16FNO3. The first-order chi connectivity index (χ1) is 8.08. The molecule has 3 N–H and O–H groups in total. The number of nitrogens with two attached hydrogens (primary N) is 1. The number of ether oxygens (including phenoxy) is 1. The fourth-order valence-electron chi connectivity index (χ4n) is 1.60. The molecule has 0 radical (unpaired) electrons. The second-order valence-corrected chi connectivity index (χ2v) is 3.73. The van der Waals surface area contributed by atoms with Crippen LogP contribution < -0.4 is 10.5 Å². The maximum absolute atomic E-state index is 12.3. The number of methoxy groups -OCH3 is 1. The van der Waals surface area contributed by atoms with Crippen molar-refractivity contribution in [3.63, 3.8) is 0 Å². The maximum Gasteiger partial charge on any atom is 0.320 e. The topological polar surface area (TPSA) is 72.5 Å². The molecule has 1 rings (SSSR count). The Hall–Kier alpha value is -1.62. The Balaban J connectivity index is 2.87. The summed E-state index contributed by atoms with van der Waals surface area (Å²) in [6.07, 6.45) is 0.470. The van der Waals surface area contributed by atoms with E-state index in [1.807, 2.05) is 0 Å². The minimum absolute atomic E-state index is 0.221. The van der Waals surface area contributed by atoms with Gasteiger partial charge in [-0.3, -0.25) is 9.18 Å². The zero-order chi connectivity index (χ0) is 12.8. The van der Waals surface area contributed by atoms with Gasteiger partial charge in [0.25, 0.3) is 0 Å². The molecule has 17 heavy (non-hydrogen) atoms. The molecule has 1 aromatic carbocycles.